The Kier molecular flexibility index (Phi) is 5.51. The predicted octanol–water partition coefficient (Wildman–Crippen LogP) is 2.88. The molecule has 0 saturated heterocycles. The van der Waals surface area contributed by atoms with Crippen LogP contribution in [0.15, 0.2) is 36.7 Å². The molecule has 2 heterocycles. The van der Waals surface area contributed by atoms with Crippen LogP contribution in [0.2, 0.25) is 5.02 Å². The summed E-state index contributed by atoms with van der Waals surface area (Å²) < 4.78 is 0. The van der Waals surface area contributed by atoms with Gasteiger partial charge in [0, 0.05) is 18.9 Å². The van der Waals surface area contributed by atoms with E-state index in [1.165, 1.54) is 6.20 Å². The molecule has 0 bridgehead atoms. The van der Waals surface area contributed by atoms with Gasteiger partial charge in [-0.15, -0.1) is 0 Å². The SMILES string of the molecule is CCCNc1cc(C(=O)NCc2ccccn2)c(Cl)cn1. The zero-order valence-electron chi connectivity index (χ0n) is 11.8. The van der Waals surface area contributed by atoms with Crippen molar-refractivity contribution in [2.24, 2.45) is 0 Å². The lowest BCUT2D eigenvalue weighted by molar-refractivity contribution is 0.0950. The summed E-state index contributed by atoms with van der Waals surface area (Å²) >= 11 is 6.04. The number of amides is 1. The first-order chi connectivity index (χ1) is 10.2. The molecule has 0 unspecified atom stereocenters. The second-order valence-corrected chi connectivity index (χ2v) is 4.89. The second kappa shape index (κ2) is 7.59. The summed E-state index contributed by atoms with van der Waals surface area (Å²) in [5.41, 5.74) is 1.20. The molecular weight excluding hydrogens is 288 g/mol. The van der Waals surface area contributed by atoms with Crippen molar-refractivity contribution in [2.75, 3.05) is 11.9 Å². The molecule has 0 aromatic carbocycles. The van der Waals surface area contributed by atoms with Crippen LogP contribution in [0, 0.1) is 0 Å². The summed E-state index contributed by atoms with van der Waals surface area (Å²) in [6.45, 7) is 3.21. The third-order valence-corrected chi connectivity index (χ3v) is 3.11. The molecule has 0 aliphatic heterocycles. The summed E-state index contributed by atoms with van der Waals surface area (Å²) in [5, 5.41) is 6.26. The standard InChI is InChI=1S/C15H17ClN4O/c1-2-6-18-14-8-12(13(16)10-19-14)15(21)20-9-11-5-3-4-7-17-11/h3-5,7-8,10H,2,6,9H2,1H3,(H,18,19)(H,20,21). The number of anilines is 1. The van der Waals surface area contributed by atoms with Gasteiger partial charge in [-0.25, -0.2) is 4.98 Å². The topological polar surface area (TPSA) is 66.9 Å². The Morgan fingerprint density at radius 1 is 1.33 bits per heavy atom. The van der Waals surface area contributed by atoms with Gasteiger partial charge in [-0.05, 0) is 24.6 Å². The van der Waals surface area contributed by atoms with Crippen LogP contribution in [0.4, 0.5) is 5.82 Å². The highest BCUT2D eigenvalue weighted by atomic mass is 35.5. The minimum absolute atomic E-state index is 0.243. The Morgan fingerprint density at radius 2 is 2.19 bits per heavy atom. The van der Waals surface area contributed by atoms with Gasteiger partial charge in [0.1, 0.15) is 5.82 Å². The van der Waals surface area contributed by atoms with Crippen LogP contribution in [0.1, 0.15) is 29.4 Å². The van der Waals surface area contributed by atoms with E-state index in [4.69, 9.17) is 11.6 Å². The van der Waals surface area contributed by atoms with Crippen molar-refractivity contribution in [3.05, 3.63) is 52.9 Å². The third kappa shape index (κ3) is 4.43. The van der Waals surface area contributed by atoms with Crippen LogP contribution in [0.3, 0.4) is 0 Å². The van der Waals surface area contributed by atoms with Crippen LogP contribution in [0.5, 0.6) is 0 Å². The Hall–Kier alpha value is -2.14. The van der Waals surface area contributed by atoms with Crippen molar-refractivity contribution in [1.82, 2.24) is 15.3 Å². The number of pyridine rings is 2. The van der Waals surface area contributed by atoms with Crippen LogP contribution >= 0.6 is 11.6 Å². The van der Waals surface area contributed by atoms with Crippen LogP contribution in [0.25, 0.3) is 0 Å². The van der Waals surface area contributed by atoms with Gasteiger partial charge in [0.2, 0.25) is 0 Å². The van der Waals surface area contributed by atoms with Crippen LogP contribution in [-0.2, 0) is 6.54 Å². The van der Waals surface area contributed by atoms with Gasteiger partial charge in [-0.1, -0.05) is 24.6 Å². The van der Waals surface area contributed by atoms with E-state index >= 15 is 0 Å². The first-order valence-electron chi connectivity index (χ1n) is 6.78. The molecule has 110 valence electrons. The van der Waals surface area contributed by atoms with Gasteiger partial charge in [0.15, 0.2) is 0 Å². The highest BCUT2D eigenvalue weighted by Crippen LogP contribution is 2.18. The van der Waals surface area contributed by atoms with E-state index in [2.05, 4.69) is 27.5 Å². The van der Waals surface area contributed by atoms with Gasteiger partial charge in [0.25, 0.3) is 5.91 Å². The zero-order valence-corrected chi connectivity index (χ0v) is 12.5. The smallest absolute Gasteiger partial charge is 0.253 e. The summed E-state index contributed by atoms with van der Waals surface area (Å²) in [6, 6.07) is 7.21. The van der Waals surface area contributed by atoms with E-state index < -0.39 is 0 Å². The lowest BCUT2D eigenvalue weighted by atomic mass is 10.2. The summed E-state index contributed by atoms with van der Waals surface area (Å²) in [6.07, 6.45) is 4.15. The summed E-state index contributed by atoms with van der Waals surface area (Å²) in [4.78, 5) is 20.5. The average Bonchev–Trinajstić information content (AvgIpc) is 2.53. The minimum Gasteiger partial charge on any atom is -0.370 e. The summed E-state index contributed by atoms with van der Waals surface area (Å²) in [7, 11) is 0. The molecule has 2 rings (SSSR count). The van der Waals surface area contributed by atoms with Gasteiger partial charge in [-0.3, -0.25) is 9.78 Å². The molecule has 6 heteroatoms. The van der Waals surface area contributed by atoms with E-state index in [0.717, 1.165) is 18.7 Å². The van der Waals surface area contributed by atoms with Gasteiger partial charge in [-0.2, -0.15) is 0 Å². The molecule has 21 heavy (non-hydrogen) atoms. The minimum atomic E-state index is -0.243. The fourth-order valence-corrected chi connectivity index (χ4v) is 1.92. The first-order valence-corrected chi connectivity index (χ1v) is 7.16. The van der Waals surface area contributed by atoms with Crippen molar-refractivity contribution in [2.45, 2.75) is 19.9 Å². The third-order valence-electron chi connectivity index (χ3n) is 2.81. The lowest BCUT2D eigenvalue weighted by Crippen LogP contribution is -2.24. The molecule has 0 aliphatic carbocycles. The largest absolute Gasteiger partial charge is 0.370 e. The van der Waals surface area contributed by atoms with E-state index in [1.807, 2.05) is 18.2 Å². The second-order valence-electron chi connectivity index (χ2n) is 4.48. The van der Waals surface area contributed by atoms with Gasteiger partial charge in [0.05, 0.1) is 22.8 Å². The Balaban J connectivity index is 2.04. The Labute approximate surface area is 128 Å². The average molecular weight is 305 g/mol. The number of aromatic nitrogens is 2. The maximum atomic E-state index is 12.2. The number of carbonyl (C=O) groups excluding carboxylic acids is 1. The molecule has 0 spiro atoms. The number of nitrogens with zero attached hydrogens (tertiary/aromatic N) is 2. The van der Waals surface area contributed by atoms with Crippen molar-refractivity contribution >= 4 is 23.3 Å². The predicted molar refractivity (Wildman–Crippen MR) is 83.4 cm³/mol. The van der Waals surface area contributed by atoms with Crippen molar-refractivity contribution in [3.8, 4) is 0 Å². The first kappa shape index (κ1) is 15.3. The van der Waals surface area contributed by atoms with Crippen LogP contribution in [-0.4, -0.2) is 22.4 Å². The molecule has 2 aromatic heterocycles. The fourth-order valence-electron chi connectivity index (χ4n) is 1.73. The molecule has 1 amide bonds. The summed E-state index contributed by atoms with van der Waals surface area (Å²) in [5.74, 6) is 0.400. The van der Waals surface area contributed by atoms with Crippen molar-refractivity contribution < 1.29 is 4.79 Å². The van der Waals surface area contributed by atoms with Gasteiger partial charge >= 0.3 is 0 Å². The molecule has 0 saturated carbocycles. The van der Waals surface area contributed by atoms with Gasteiger partial charge < -0.3 is 10.6 Å². The molecule has 5 nitrogen and oxygen atoms in total. The quantitative estimate of drug-likeness (QED) is 0.861. The number of nitrogens with one attached hydrogen (secondary N) is 2. The molecule has 0 atom stereocenters. The highest BCUT2D eigenvalue weighted by Gasteiger charge is 2.12. The van der Waals surface area contributed by atoms with E-state index in [-0.39, 0.29) is 5.91 Å². The normalized spacial score (nSPS) is 10.2. The van der Waals surface area contributed by atoms with Crippen LogP contribution < -0.4 is 10.6 Å². The molecule has 0 radical (unpaired) electrons. The lowest BCUT2D eigenvalue weighted by Gasteiger charge is -2.09. The zero-order chi connectivity index (χ0) is 15.1. The number of carbonyl (C=O) groups is 1. The van der Waals surface area contributed by atoms with E-state index in [0.29, 0.717) is 22.9 Å². The Morgan fingerprint density at radius 3 is 2.90 bits per heavy atom. The molecular formula is C15H17ClN4O. The monoisotopic (exact) mass is 304 g/mol. The fraction of sp³-hybridized carbons (Fsp3) is 0.267. The number of hydrogen-bond acceptors (Lipinski definition) is 4. The number of hydrogen-bond donors (Lipinski definition) is 2. The Bertz CT molecular complexity index is 604. The molecule has 2 aromatic rings. The van der Waals surface area contributed by atoms with E-state index in [1.54, 1.807) is 12.3 Å². The molecule has 0 fully saturated rings. The molecule has 2 N–H and O–H groups in total. The van der Waals surface area contributed by atoms with Crippen molar-refractivity contribution in [1.29, 1.82) is 0 Å². The maximum Gasteiger partial charge on any atom is 0.253 e. The van der Waals surface area contributed by atoms with Crippen molar-refractivity contribution in [3.63, 3.8) is 0 Å². The van der Waals surface area contributed by atoms with E-state index in [9.17, 15) is 4.79 Å². The molecule has 0 aliphatic rings. The number of rotatable bonds is 6. The maximum absolute atomic E-state index is 12.2. The number of halogens is 1. The highest BCUT2D eigenvalue weighted by molar-refractivity contribution is 6.33.